The third kappa shape index (κ3) is 1.85. The molecule has 0 aliphatic rings. The van der Waals surface area contributed by atoms with Gasteiger partial charge in [-0.3, -0.25) is 4.79 Å². The van der Waals surface area contributed by atoms with Gasteiger partial charge in [0.05, 0.1) is 4.88 Å². The Bertz CT molecular complexity index is 280. The Morgan fingerprint density at radius 3 is 2.67 bits per heavy atom. The van der Waals surface area contributed by atoms with Gasteiger partial charge in [-0.2, -0.15) is 0 Å². The minimum absolute atomic E-state index is 0.121. The van der Waals surface area contributed by atoms with Gasteiger partial charge in [0, 0.05) is 18.5 Å². The molecular formula is C9H13NOS. The summed E-state index contributed by atoms with van der Waals surface area (Å²) in [4.78, 5) is 15.3. The molecule has 0 atom stereocenters. The smallest absolute Gasteiger partial charge is 0.263 e. The maximum Gasteiger partial charge on any atom is 0.263 e. The van der Waals surface area contributed by atoms with Crippen LogP contribution in [0.3, 0.4) is 0 Å². The van der Waals surface area contributed by atoms with Crippen molar-refractivity contribution in [2.24, 2.45) is 0 Å². The summed E-state index contributed by atoms with van der Waals surface area (Å²) in [6, 6.07) is 3.86. The van der Waals surface area contributed by atoms with Crippen LogP contribution in [0, 0.1) is 6.92 Å². The number of rotatable bonds is 2. The van der Waals surface area contributed by atoms with Gasteiger partial charge in [0.15, 0.2) is 0 Å². The van der Waals surface area contributed by atoms with Gasteiger partial charge < -0.3 is 4.90 Å². The highest BCUT2D eigenvalue weighted by Crippen LogP contribution is 2.16. The van der Waals surface area contributed by atoms with Gasteiger partial charge in [0.25, 0.3) is 5.91 Å². The van der Waals surface area contributed by atoms with Crippen molar-refractivity contribution in [3.05, 3.63) is 21.9 Å². The lowest BCUT2D eigenvalue weighted by Crippen LogP contribution is -2.25. The van der Waals surface area contributed by atoms with Gasteiger partial charge in [-0.05, 0) is 26.0 Å². The average molecular weight is 183 g/mol. The lowest BCUT2D eigenvalue weighted by Gasteiger charge is -2.12. The van der Waals surface area contributed by atoms with E-state index < -0.39 is 0 Å². The van der Waals surface area contributed by atoms with Gasteiger partial charge in [0.2, 0.25) is 0 Å². The second kappa shape index (κ2) is 3.72. The Labute approximate surface area is 76.8 Å². The van der Waals surface area contributed by atoms with E-state index in [9.17, 15) is 4.79 Å². The zero-order valence-electron chi connectivity index (χ0n) is 7.63. The van der Waals surface area contributed by atoms with Crippen molar-refractivity contribution in [1.82, 2.24) is 4.90 Å². The molecule has 0 aromatic carbocycles. The Morgan fingerprint density at radius 1 is 1.58 bits per heavy atom. The van der Waals surface area contributed by atoms with Crippen molar-refractivity contribution in [1.29, 1.82) is 0 Å². The summed E-state index contributed by atoms with van der Waals surface area (Å²) in [6.45, 7) is 4.74. The summed E-state index contributed by atoms with van der Waals surface area (Å²) in [5.41, 5.74) is 0. The monoisotopic (exact) mass is 183 g/mol. The van der Waals surface area contributed by atoms with E-state index in [-0.39, 0.29) is 5.91 Å². The summed E-state index contributed by atoms with van der Waals surface area (Å²) < 4.78 is 0. The van der Waals surface area contributed by atoms with Crippen LogP contribution in [0.1, 0.15) is 21.5 Å². The molecule has 66 valence electrons. The van der Waals surface area contributed by atoms with Crippen LogP contribution in [0.2, 0.25) is 0 Å². The average Bonchev–Trinajstić information content (AvgIpc) is 2.49. The predicted molar refractivity (Wildman–Crippen MR) is 51.7 cm³/mol. The molecule has 0 fully saturated rings. The van der Waals surface area contributed by atoms with E-state index in [0.29, 0.717) is 0 Å². The second-order valence-electron chi connectivity index (χ2n) is 2.73. The summed E-state index contributed by atoms with van der Waals surface area (Å²) in [7, 11) is 1.82. The van der Waals surface area contributed by atoms with Gasteiger partial charge in [0.1, 0.15) is 0 Å². The van der Waals surface area contributed by atoms with Crippen LogP contribution in [-0.2, 0) is 0 Å². The first-order valence-corrected chi connectivity index (χ1v) is 4.78. The SMILES string of the molecule is CCN(C)C(=O)c1ccc(C)s1. The maximum atomic E-state index is 11.5. The number of hydrogen-bond acceptors (Lipinski definition) is 2. The minimum Gasteiger partial charge on any atom is -0.341 e. The molecule has 0 saturated heterocycles. The molecule has 1 aromatic heterocycles. The molecule has 0 spiro atoms. The fourth-order valence-electron chi connectivity index (χ4n) is 0.881. The van der Waals surface area contributed by atoms with Gasteiger partial charge in [-0.15, -0.1) is 11.3 Å². The lowest BCUT2D eigenvalue weighted by molar-refractivity contribution is 0.0807. The molecule has 0 bridgehead atoms. The molecule has 2 nitrogen and oxygen atoms in total. The van der Waals surface area contributed by atoms with Crippen LogP contribution in [-0.4, -0.2) is 24.4 Å². The van der Waals surface area contributed by atoms with Crippen molar-refractivity contribution < 1.29 is 4.79 Å². The summed E-state index contributed by atoms with van der Waals surface area (Å²) in [6.07, 6.45) is 0. The number of carbonyl (C=O) groups is 1. The van der Waals surface area contributed by atoms with Crippen molar-refractivity contribution in [2.45, 2.75) is 13.8 Å². The van der Waals surface area contributed by atoms with Crippen molar-refractivity contribution >= 4 is 17.2 Å². The Balaban J connectivity index is 2.78. The normalized spacial score (nSPS) is 9.92. The van der Waals surface area contributed by atoms with E-state index in [1.54, 1.807) is 16.2 Å². The van der Waals surface area contributed by atoms with Crippen LogP contribution in [0.4, 0.5) is 0 Å². The molecule has 0 N–H and O–H groups in total. The minimum atomic E-state index is 0.121. The quantitative estimate of drug-likeness (QED) is 0.688. The number of carbonyl (C=O) groups excluding carboxylic acids is 1. The Kier molecular flexibility index (Phi) is 2.87. The molecule has 1 heterocycles. The number of thiophene rings is 1. The van der Waals surface area contributed by atoms with Crippen molar-refractivity contribution in [2.75, 3.05) is 13.6 Å². The number of amides is 1. The largest absolute Gasteiger partial charge is 0.341 e. The topological polar surface area (TPSA) is 20.3 Å². The third-order valence-electron chi connectivity index (χ3n) is 1.77. The molecule has 0 radical (unpaired) electrons. The van der Waals surface area contributed by atoms with Gasteiger partial charge >= 0.3 is 0 Å². The number of aryl methyl sites for hydroxylation is 1. The van der Waals surface area contributed by atoms with Crippen LogP contribution < -0.4 is 0 Å². The molecule has 0 unspecified atom stereocenters. The molecule has 1 rings (SSSR count). The maximum absolute atomic E-state index is 11.5. The van der Waals surface area contributed by atoms with Gasteiger partial charge in [-0.1, -0.05) is 0 Å². The molecule has 12 heavy (non-hydrogen) atoms. The fraction of sp³-hybridized carbons (Fsp3) is 0.444. The first-order valence-electron chi connectivity index (χ1n) is 3.97. The van der Waals surface area contributed by atoms with Crippen LogP contribution in [0.15, 0.2) is 12.1 Å². The van der Waals surface area contributed by atoms with E-state index in [1.165, 1.54) is 4.88 Å². The summed E-state index contributed by atoms with van der Waals surface area (Å²) >= 11 is 1.55. The highest BCUT2D eigenvalue weighted by atomic mass is 32.1. The molecule has 1 amide bonds. The summed E-state index contributed by atoms with van der Waals surface area (Å²) in [5.74, 6) is 0.121. The van der Waals surface area contributed by atoms with E-state index in [4.69, 9.17) is 0 Å². The molecule has 0 aliphatic carbocycles. The summed E-state index contributed by atoms with van der Waals surface area (Å²) in [5, 5.41) is 0. The standard InChI is InChI=1S/C9H13NOS/c1-4-10(3)9(11)8-6-5-7(2)12-8/h5-6H,4H2,1-3H3. The zero-order chi connectivity index (χ0) is 9.14. The van der Waals surface area contributed by atoms with Crippen LogP contribution in [0.25, 0.3) is 0 Å². The molecule has 1 aromatic rings. The lowest BCUT2D eigenvalue weighted by atomic mass is 10.4. The van der Waals surface area contributed by atoms with Gasteiger partial charge in [-0.25, -0.2) is 0 Å². The number of nitrogens with zero attached hydrogens (tertiary/aromatic N) is 1. The molecule has 3 heteroatoms. The van der Waals surface area contributed by atoms with Crippen molar-refractivity contribution in [3.63, 3.8) is 0 Å². The first-order chi connectivity index (χ1) is 5.65. The fourth-order valence-corrected chi connectivity index (χ4v) is 1.74. The third-order valence-corrected chi connectivity index (χ3v) is 2.76. The highest BCUT2D eigenvalue weighted by molar-refractivity contribution is 7.13. The molecule has 0 aliphatic heterocycles. The Morgan fingerprint density at radius 2 is 2.25 bits per heavy atom. The second-order valence-corrected chi connectivity index (χ2v) is 4.02. The number of hydrogen-bond donors (Lipinski definition) is 0. The molecule has 0 saturated carbocycles. The Hall–Kier alpha value is -0.830. The zero-order valence-corrected chi connectivity index (χ0v) is 8.44. The molecular weight excluding hydrogens is 170 g/mol. The van der Waals surface area contributed by atoms with E-state index in [0.717, 1.165) is 11.4 Å². The van der Waals surface area contributed by atoms with E-state index in [2.05, 4.69) is 0 Å². The highest BCUT2D eigenvalue weighted by Gasteiger charge is 2.10. The van der Waals surface area contributed by atoms with Crippen molar-refractivity contribution in [3.8, 4) is 0 Å². The van der Waals surface area contributed by atoms with E-state index in [1.807, 2.05) is 33.0 Å². The van der Waals surface area contributed by atoms with Crippen LogP contribution >= 0.6 is 11.3 Å². The van der Waals surface area contributed by atoms with E-state index >= 15 is 0 Å². The first kappa shape index (κ1) is 9.26. The van der Waals surface area contributed by atoms with Crippen LogP contribution in [0.5, 0.6) is 0 Å². The predicted octanol–water partition coefficient (Wildman–Crippen LogP) is 2.15.